The fraction of sp³-hybridized carbons (Fsp3) is 0.0588. The Morgan fingerprint density at radius 1 is 0.491 bits per heavy atom. The van der Waals surface area contributed by atoms with Gasteiger partial charge in [0, 0.05) is 66.4 Å². The summed E-state index contributed by atoms with van der Waals surface area (Å²) in [6.07, 6.45) is 1.85. The predicted molar refractivity (Wildman–Crippen MR) is 229 cm³/mol. The van der Waals surface area contributed by atoms with Crippen LogP contribution in [-0.4, -0.2) is 19.1 Å². The average Bonchev–Trinajstić information content (AvgIpc) is 3.84. The number of hydrogen-bond donors (Lipinski definition) is 0. The van der Waals surface area contributed by atoms with Crippen molar-refractivity contribution in [2.45, 2.75) is 19.3 Å². The van der Waals surface area contributed by atoms with Gasteiger partial charge in [0.15, 0.2) is 0 Å². The molecule has 1 aliphatic carbocycles. The molecule has 0 spiro atoms. The van der Waals surface area contributed by atoms with Gasteiger partial charge in [-0.2, -0.15) is 0 Å². The van der Waals surface area contributed by atoms with E-state index in [0.717, 1.165) is 44.4 Å². The number of para-hydroxylation sites is 3. The Morgan fingerprint density at radius 3 is 1.89 bits per heavy atom. The maximum Gasteiger partial charge on any atom is 0.0972 e. The molecule has 0 saturated carbocycles. The predicted octanol–water partition coefficient (Wildman–Crippen LogP) is 13.0. The molecule has 0 fully saturated rings. The van der Waals surface area contributed by atoms with E-state index >= 15 is 0 Å². The molecule has 55 heavy (non-hydrogen) atoms. The van der Waals surface area contributed by atoms with Crippen LogP contribution in [0.2, 0.25) is 0 Å². The van der Waals surface area contributed by atoms with Crippen LogP contribution >= 0.6 is 0 Å². The van der Waals surface area contributed by atoms with Crippen LogP contribution in [0, 0.1) is 0 Å². The van der Waals surface area contributed by atoms with Gasteiger partial charge in [0.05, 0.1) is 38.8 Å². The molecule has 4 aromatic heterocycles. The highest BCUT2D eigenvalue weighted by Crippen LogP contribution is 2.58. The Labute approximate surface area is 317 Å². The van der Waals surface area contributed by atoms with E-state index < -0.39 is 0 Å². The Balaban J connectivity index is 1.20. The van der Waals surface area contributed by atoms with Crippen LogP contribution in [0.25, 0.3) is 99.2 Å². The molecule has 4 heteroatoms. The molecular formula is C51H34N4. The molecule has 258 valence electrons. The second kappa shape index (κ2) is 11.0. The lowest BCUT2D eigenvalue weighted by molar-refractivity contribution is 0.667. The van der Waals surface area contributed by atoms with Gasteiger partial charge < -0.3 is 9.13 Å². The molecule has 11 aromatic rings. The Morgan fingerprint density at radius 2 is 1.11 bits per heavy atom. The summed E-state index contributed by atoms with van der Waals surface area (Å²) in [5.74, 6) is 0. The minimum atomic E-state index is -0.226. The number of pyridine rings is 2. The topological polar surface area (TPSA) is 35.6 Å². The van der Waals surface area contributed by atoms with E-state index in [1.165, 1.54) is 65.9 Å². The second-order valence-electron chi connectivity index (χ2n) is 15.4. The summed E-state index contributed by atoms with van der Waals surface area (Å²) in [4.78, 5) is 9.87. The molecule has 0 radical (unpaired) electrons. The van der Waals surface area contributed by atoms with Gasteiger partial charge in [-0.15, -0.1) is 0 Å². The number of hydrogen-bond acceptors (Lipinski definition) is 2. The van der Waals surface area contributed by atoms with Gasteiger partial charge in [-0.05, 0) is 65.2 Å². The van der Waals surface area contributed by atoms with Crippen LogP contribution in [0.4, 0.5) is 0 Å². The maximum atomic E-state index is 5.18. The molecule has 12 rings (SSSR count). The highest BCUT2D eigenvalue weighted by molar-refractivity contribution is 6.31. The first-order valence-electron chi connectivity index (χ1n) is 19.0. The zero-order chi connectivity index (χ0) is 36.4. The lowest BCUT2D eigenvalue weighted by atomic mass is 9.80. The van der Waals surface area contributed by atoms with Gasteiger partial charge in [0.2, 0.25) is 0 Å². The van der Waals surface area contributed by atoms with Crippen molar-refractivity contribution < 1.29 is 0 Å². The van der Waals surface area contributed by atoms with Crippen molar-refractivity contribution in [2.75, 3.05) is 0 Å². The third kappa shape index (κ3) is 4.06. The Kier molecular flexibility index (Phi) is 6.09. The van der Waals surface area contributed by atoms with E-state index in [1.807, 2.05) is 12.3 Å². The third-order valence-electron chi connectivity index (χ3n) is 12.1. The average molecular weight is 703 g/mol. The van der Waals surface area contributed by atoms with E-state index in [1.54, 1.807) is 0 Å². The lowest BCUT2D eigenvalue weighted by Gasteiger charge is -2.23. The lowest BCUT2D eigenvalue weighted by Crippen LogP contribution is -2.15. The fourth-order valence-corrected chi connectivity index (χ4v) is 9.74. The second-order valence-corrected chi connectivity index (χ2v) is 15.4. The van der Waals surface area contributed by atoms with Gasteiger partial charge in [-0.25, -0.2) is 4.98 Å². The number of benzene rings is 7. The van der Waals surface area contributed by atoms with Crippen molar-refractivity contribution in [1.29, 1.82) is 0 Å². The summed E-state index contributed by atoms with van der Waals surface area (Å²) in [7, 11) is 0. The van der Waals surface area contributed by atoms with Gasteiger partial charge in [-0.3, -0.25) is 4.98 Å². The number of fused-ring (bicyclic) bond motifs is 15. The molecular weight excluding hydrogens is 669 g/mol. The molecule has 4 nitrogen and oxygen atoms in total. The first-order valence-corrected chi connectivity index (χ1v) is 19.0. The molecule has 1 aliphatic rings. The minimum absolute atomic E-state index is 0.226. The van der Waals surface area contributed by atoms with Gasteiger partial charge in [0.1, 0.15) is 0 Å². The summed E-state index contributed by atoms with van der Waals surface area (Å²) in [6, 6.07) is 59.4. The zero-order valence-electron chi connectivity index (χ0n) is 30.5. The molecule has 0 saturated heterocycles. The van der Waals surface area contributed by atoms with Crippen molar-refractivity contribution in [3.05, 3.63) is 181 Å². The first kappa shape index (κ1) is 30.4. The van der Waals surface area contributed by atoms with E-state index in [2.05, 4.69) is 181 Å². The molecule has 0 unspecified atom stereocenters. The van der Waals surface area contributed by atoms with Crippen LogP contribution < -0.4 is 0 Å². The minimum Gasteiger partial charge on any atom is -0.309 e. The highest BCUT2D eigenvalue weighted by atomic mass is 15.0. The third-order valence-corrected chi connectivity index (χ3v) is 12.1. The number of rotatable bonds is 3. The molecule has 0 aliphatic heterocycles. The van der Waals surface area contributed by atoms with Crippen LogP contribution in [0.5, 0.6) is 0 Å². The Bertz CT molecular complexity index is 3380. The van der Waals surface area contributed by atoms with Crippen molar-refractivity contribution in [3.63, 3.8) is 0 Å². The van der Waals surface area contributed by atoms with Crippen LogP contribution in [0.1, 0.15) is 25.0 Å². The Hall–Kier alpha value is -7.04. The SMILES string of the molecule is CC1(C)c2ccccc2-c2c1c1c3ccccc3n(-c3ccccc3)c1c1c3ccccc3n(-c3ccc(-c4ccc5ccc6cccnc6c5n4)cc3)c21. The summed E-state index contributed by atoms with van der Waals surface area (Å²) in [5, 5.41) is 7.33. The van der Waals surface area contributed by atoms with Crippen LogP contribution in [0.3, 0.4) is 0 Å². The summed E-state index contributed by atoms with van der Waals surface area (Å²) in [6.45, 7) is 4.82. The molecule has 0 amide bonds. The summed E-state index contributed by atoms with van der Waals surface area (Å²) in [5.41, 5.74) is 16.2. The summed E-state index contributed by atoms with van der Waals surface area (Å²) < 4.78 is 5.03. The zero-order valence-corrected chi connectivity index (χ0v) is 30.5. The van der Waals surface area contributed by atoms with E-state index in [-0.39, 0.29) is 5.41 Å². The van der Waals surface area contributed by atoms with Crippen LogP contribution in [0.15, 0.2) is 170 Å². The number of aromatic nitrogens is 4. The van der Waals surface area contributed by atoms with Crippen molar-refractivity contribution in [2.24, 2.45) is 0 Å². The summed E-state index contributed by atoms with van der Waals surface area (Å²) >= 11 is 0. The normalized spacial score (nSPS) is 13.4. The van der Waals surface area contributed by atoms with Crippen molar-refractivity contribution in [3.8, 4) is 33.8 Å². The van der Waals surface area contributed by atoms with Gasteiger partial charge in [0.25, 0.3) is 0 Å². The smallest absolute Gasteiger partial charge is 0.0972 e. The maximum absolute atomic E-state index is 5.18. The molecule has 0 N–H and O–H groups in total. The molecule has 4 heterocycles. The largest absolute Gasteiger partial charge is 0.309 e. The van der Waals surface area contributed by atoms with Gasteiger partial charge >= 0.3 is 0 Å². The monoisotopic (exact) mass is 702 g/mol. The fourth-order valence-electron chi connectivity index (χ4n) is 9.74. The van der Waals surface area contributed by atoms with Crippen molar-refractivity contribution in [1.82, 2.24) is 19.1 Å². The quantitative estimate of drug-likeness (QED) is 0.172. The molecule has 0 bridgehead atoms. The van der Waals surface area contributed by atoms with Gasteiger partial charge in [-0.1, -0.05) is 129 Å². The molecule has 7 aromatic carbocycles. The van der Waals surface area contributed by atoms with E-state index in [0.29, 0.717) is 0 Å². The number of nitrogens with zero attached hydrogens (tertiary/aromatic N) is 4. The van der Waals surface area contributed by atoms with E-state index in [4.69, 9.17) is 9.97 Å². The molecule has 0 atom stereocenters. The van der Waals surface area contributed by atoms with Crippen molar-refractivity contribution >= 4 is 65.4 Å². The van der Waals surface area contributed by atoms with Crippen LogP contribution in [-0.2, 0) is 5.41 Å². The van der Waals surface area contributed by atoms with E-state index in [9.17, 15) is 0 Å². The standard InChI is InChI=1S/C51H34N4/c1-51(2)39-19-9-6-16-36(39)43-46(51)44-37-17-7-10-20-41(37)54(34-14-4-3-5-15-34)50(44)45-38-18-8-11-21-42(38)55(49(43)45)35-27-24-31(25-28-35)40-29-26-33-23-22-32-13-12-30-52-47(32)48(33)53-40/h3-30H,1-2H3. The first-order chi connectivity index (χ1) is 27.1. The highest BCUT2D eigenvalue weighted by Gasteiger charge is 2.41.